The summed E-state index contributed by atoms with van der Waals surface area (Å²) < 4.78 is 28.5. The van der Waals surface area contributed by atoms with Gasteiger partial charge in [-0.2, -0.15) is 0 Å². The average molecular weight is 380 g/mol. The Labute approximate surface area is 156 Å². The number of nitrogens with two attached hydrogens (primary N) is 1. The summed E-state index contributed by atoms with van der Waals surface area (Å²) in [6.45, 7) is 2.88. The molecular weight excluding hydrogens is 350 g/mol. The highest BCUT2D eigenvalue weighted by atomic mass is 32.2. The first-order valence-electron chi connectivity index (χ1n) is 9.56. The van der Waals surface area contributed by atoms with Crippen molar-refractivity contribution >= 4 is 15.9 Å². The summed E-state index contributed by atoms with van der Waals surface area (Å²) in [5, 5.41) is 0. The van der Waals surface area contributed by atoms with Crippen LogP contribution in [0.5, 0.6) is 0 Å². The number of carbonyl (C=O) groups is 1. The number of nitrogens with one attached hydrogen (secondary N) is 1. The number of aryl methyl sites for hydroxylation is 1. The Morgan fingerprint density at radius 3 is 2.58 bits per heavy atom. The van der Waals surface area contributed by atoms with Crippen LogP contribution < -0.4 is 10.5 Å². The second-order valence-corrected chi connectivity index (χ2v) is 9.15. The lowest BCUT2D eigenvalue weighted by Crippen LogP contribution is -2.47. The van der Waals surface area contributed by atoms with E-state index in [4.69, 9.17) is 5.73 Å². The van der Waals surface area contributed by atoms with Crippen LogP contribution in [0.25, 0.3) is 0 Å². The fraction of sp³-hybridized carbons (Fsp3) is 0.632. The van der Waals surface area contributed by atoms with Gasteiger partial charge in [0.2, 0.25) is 10.0 Å². The Morgan fingerprint density at radius 1 is 1.19 bits per heavy atom. The predicted octanol–water partition coefficient (Wildman–Crippen LogP) is 2.17. The van der Waals surface area contributed by atoms with E-state index in [9.17, 15) is 13.2 Å². The number of sulfonamides is 1. The van der Waals surface area contributed by atoms with Gasteiger partial charge < -0.3 is 10.6 Å². The van der Waals surface area contributed by atoms with Crippen molar-refractivity contribution in [1.82, 2.24) is 9.62 Å². The maximum atomic E-state index is 13.0. The molecule has 144 valence electrons. The van der Waals surface area contributed by atoms with Gasteiger partial charge in [0, 0.05) is 30.7 Å². The molecule has 0 radical (unpaired) electrons. The summed E-state index contributed by atoms with van der Waals surface area (Å²) in [6.07, 6.45) is 6.81. The van der Waals surface area contributed by atoms with Gasteiger partial charge >= 0.3 is 0 Å². The van der Waals surface area contributed by atoms with E-state index in [1.807, 2.05) is 0 Å². The normalized spacial score (nSPS) is 21.9. The summed E-state index contributed by atoms with van der Waals surface area (Å²) in [4.78, 5) is 15.0. The van der Waals surface area contributed by atoms with E-state index in [-0.39, 0.29) is 22.9 Å². The third kappa shape index (κ3) is 4.10. The molecule has 6 nitrogen and oxygen atoms in total. The minimum Gasteiger partial charge on any atom is -0.334 e. The van der Waals surface area contributed by atoms with Crippen molar-refractivity contribution in [2.24, 2.45) is 5.73 Å². The first-order chi connectivity index (χ1) is 12.4. The molecule has 1 unspecified atom stereocenters. The number of nitrogens with zero attached hydrogens (tertiary/aromatic N) is 1. The molecule has 2 fully saturated rings. The lowest BCUT2D eigenvalue weighted by molar-refractivity contribution is 0.0623. The third-order valence-electron chi connectivity index (χ3n) is 5.56. The molecule has 2 aliphatic rings. The highest BCUT2D eigenvalue weighted by Gasteiger charge is 2.29. The largest absolute Gasteiger partial charge is 0.334 e. The molecule has 1 saturated heterocycles. The molecule has 7 heteroatoms. The molecule has 1 atom stereocenters. The number of hydrogen-bond donors (Lipinski definition) is 2. The number of rotatable bonds is 5. The molecule has 1 aliphatic carbocycles. The predicted molar refractivity (Wildman–Crippen MR) is 101 cm³/mol. The lowest BCUT2D eigenvalue weighted by Gasteiger charge is -2.35. The van der Waals surface area contributed by atoms with Crippen molar-refractivity contribution in [2.75, 3.05) is 13.1 Å². The number of piperidine rings is 1. The highest BCUT2D eigenvalue weighted by molar-refractivity contribution is 7.89. The van der Waals surface area contributed by atoms with E-state index < -0.39 is 10.0 Å². The van der Waals surface area contributed by atoms with Crippen LogP contribution in [0.4, 0.5) is 0 Å². The highest BCUT2D eigenvalue weighted by Crippen LogP contribution is 2.24. The Bertz CT molecular complexity index is 757. The maximum Gasteiger partial charge on any atom is 0.254 e. The smallest absolute Gasteiger partial charge is 0.254 e. The SMILES string of the molecule is Cc1ccc(C(=O)N2CCCCC2CN)cc1S(=O)(=O)NC1CCCC1. The van der Waals surface area contributed by atoms with Gasteiger partial charge in [-0.1, -0.05) is 18.9 Å². The number of likely N-dealkylation sites (tertiary alicyclic amines) is 1. The van der Waals surface area contributed by atoms with Crippen molar-refractivity contribution in [2.45, 2.75) is 68.8 Å². The summed E-state index contributed by atoms with van der Waals surface area (Å²) in [5.74, 6) is -0.127. The summed E-state index contributed by atoms with van der Waals surface area (Å²) >= 11 is 0. The number of benzene rings is 1. The van der Waals surface area contributed by atoms with Crippen LogP contribution in [0, 0.1) is 6.92 Å². The molecule has 0 bridgehead atoms. The maximum absolute atomic E-state index is 13.0. The molecule has 1 aliphatic heterocycles. The lowest BCUT2D eigenvalue weighted by atomic mass is 10.0. The van der Waals surface area contributed by atoms with E-state index in [1.54, 1.807) is 24.0 Å². The third-order valence-corrected chi connectivity index (χ3v) is 7.22. The second-order valence-electron chi connectivity index (χ2n) is 7.47. The monoisotopic (exact) mass is 379 g/mol. The van der Waals surface area contributed by atoms with Gasteiger partial charge in [0.05, 0.1) is 4.90 Å². The molecule has 3 N–H and O–H groups in total. The van der Waals surface area contributed by atoms with Crippen molar-refractivity contribution in [3.8, 4) is 0 Å². The Morgan fingerprint density at radius 2 is 1.88 bits per heavy atom. The quantitative estimate of drug-likeness (QED) is 0.820. The van der Waals surface area contributed by atoms with Crippen LogP contribution >= 0.6 is 0 Å². The zero-order valence-corrected chi connectivity index (χ0v) is 16.2. The molecule has 1 aromatic rings. The minimum absolute atomic E-state index is 0.00229. The second kappa shape index (κ2) is 8.06. The molecule has 1 saturated carbocycles. The van der Waals surface area contributed by atoms with Crippen LogP contribution in [0.3, 0.4) is 0 Å². The van der Waals surface area contributed by atoms with Crippen molar-refractivity contribution in [1.29, 1.82) is 0 Å². The van der Waals surface area contributed by atoms with Crippen LogP contribution in [0.2, 0.25) is 0 Å². The number of carbonyl (C=O) groups excluding carboxylic acids is 1. The topological polar surface area (TPSA) is 92.5 Å². The summed E-state index contributed by atoms with van der Waals surface area (Å²) in [7, 11) is -3.63. The molecule has 0 spiro atoms. The fourth-order valence-electron chi connectivity index (χ4n) is 4.03. The van der Waals surface area contributed by atoms with E-state index in [1.165, 1.54) is 6.07 Å². The summed E-state index contributed by atoms with van der Waals surface area (Å²) in [5.41, 5.74) is 6.90. The van der Waals surface area contributed by atoms with Gasteiger partial charge in [0.1, 0.15) is 0 Å². The average Bonchev–Trinajstić information content (AvgIpc) is 3.13. The van der Waals surface area contributed by atoms with Crippen molar-refractivity contribution in [3.05, 3.63) is 29.3 Å². The van der Waals surface area contributed by atoms with Crippen LogP contribution in [0.15, 0.2) is 23.1 Å². The number of amides is 1. The summed E-state index contributed by atoms with van der Waals surface area (Å²) in [6, 6.07) is 5.00. The van der Waals surface area contributed by atoms with E-state index in [0.717, 1.165) is 44.9 Å². The van der Waals surface area contributed by atoms with Gasteiger partial charge in [0.25, 0.3) is 5.91 Å². The fourth-order valence-corrected chi connectivity index (χ4v) is 5.60. The van der Waals surface area contributed by atoms with Crippen molar-refractivity contribution in [3.63, 3.8) is 0 Å². The molecule has 3 rings (SSSR count). The van der Waals surface area contributed by atoms with Crippen LogP contribution in [0.1, 0.15) is 60.9 Å². The van der Waals surface area contributed by atoms with E-state index >= 15 is 0 Å². The van der Waals surface area contributed by atoms with Crippen LogP contribution in [-0.2, 0) is 10.0 Å². The number of hydrogen-bond acceptors (Lipinski definition) is 4. The molecule has 26 heavy (non-hydrogen) atoms. The van der Waals surface area contributed by atoms with Gasteiger partial charge in [-0.3, -0.25) is 4.79 Å². The molecular formula is C19H29N3O3S. The first kappa shape index (κ1) is 19.3. The Hall–Kier alpha value is -1.44. The van der Waals surface area contributed by atoms with Crippen LogP contribution in [-0.4, -0.2) is 44.4 Å². The molecule has 1 aromatic carbocycles. The Kier molecular flexibility index (Phi) is 5.99. The molecule has 1 heterocycles. The first-order valence-corrected chi connectivity index (χ1v) is 11.0. The van der Waals surface area contributed by atoms with E-state index in [0.29, 0.717) is 24.2 Å². The van der Waals surface area contributed by atoms with Gasteiger partial charge in [0.15, 0.2) is 0 Å². The van der Waals surface area contributed by atoms with E-state index in [2.05, 4.69) is 4.72 Å². The Balaban J connectivity index is 1.85. The van der Waals surface area contributed by atoms with Gasteiger partial charge in [-0.25, -0.2) is 13.1 Å². The zero-order valence-electron chi connectivity index (χ0n) is 15.4. The van der Waals surface area contributed by atoms with Gasteiger partial charge in [-0.05, 0) is 56.7 Å². The molecule has 1 amide bonds. The molecule has 0 aromatic heterocycles. The van der Waals surface area contributed by atoms with Crippen molar-refractivity contribution < 1.29 is 13.2 Å². The minimum atomic E-state index is -3.63. The zero-order chi connectivity index (χ0) is 18.7. The standard InChI is InChI=1S/C19H29N3O3S/c1-14-9-10-15(19(23)22-11-5-4-8-17(22)13-20)12-18(14)26(24,25)21-16-6-2-3-7-16/h9-10,12,16-17,21H,2-8,11,13,20H2,1H3. The van der Waals surface area contributed by atoms with Gasteiger partial charge in [-0.15, -0.1) is 0 Å².